The van der Waals surface area contributed by atoms with E-state index in [4.69, 9.17) is 17.0 Å². The number of hydrogen-bond acceptors (Lipinski definition) is 5. The van der Waals surface area contributed by atoms with E-state index in [2.05, 4.69) is 15.0 Å². The maximum Gasteiger partial charge on any atom is 0.309 e. The Labute approximate surface area is 150 Å². The summed E-state index contributed by atoms with van der Waals surface area (Å²) in [7, 11) is 0. The van der Waals surface area contributed by atoms with Gasteiger partial charge < -0.3 is 4.74 Å². The maximum absolute atomic E-state index is 11.8. The molecule has 1 saturated heterocycles. The second-order valence-corrected chi connectivity index (χ2v) is 6.73. The third-order valence-electron chi connectivity index (χ3n) is 4.77. The Balaban J connectivity index is 1.50. The first-order valence-corrected chi connectivity index (χ1v) is 9.03. The number of nitrogens with zero attached hydrogens (tertiary/aromatic N) is 4. The average molecular weight is 359 g/mol. The van der Waals surface area contributed by atoms with Crippen LogP contribution in [0.4, 0.5) is 0 Å². The van der Waals surface area contributed by atoms with Crippen molar-refractivity contribution >= 4 is 35.0 Å². The van der Waals surface area contributed by atoms with Gasteiger partial charge in [0.25, 0.3) is 0 Å². The first-order valence-electron chi connectivity index (χ1n) is 8.62. The molecular weight excluding hydrogens is 338 g/mol. The van der Waals surface area contributed by atoms with Crippen molar-refractivity contribution in [3.05, 3.63) is 29.0 Å². The summed E-state index contributed by atoms with van der Waals surface area (Å²) in [6, 6.07) is 7.96. The summed E-state index contributed by atoms with van der Waals surface area (Å²) < 4.78 is 9.74. The standard InChI is InChI=1S/C17H21N5O2S/c1-2-24-15(23)12-7-9-20(10-8-12)11-21-17(25)22-14-6-4-3-5-13(14)18-16(22)19-21/h3-6,12H,2,7-11H2,1H3,(H,18,19). The van der Waals surface area contributed by atoms with Gasteiger partial charge in [-0.25, -0.2) is 9.67 Å². The zero-order chi connectivity index (χ0) is 17.4. The number of ether oxygens (including phenoxy) is 1. The van der Waals surface area contributed by atoms with Gasteiger partial charge in [0.05, 0.1) is 30.2 Å². The number of rotatable bonds is 4. The molecule has 4 rings (SSSR count). The van der Waals surface area contributed by atoms with Crippen molar-refractivity contribution in [3.63, 3.8) is 0 Å². The summed E-state index contributed by atoms with van der Waals surface area (Å²) in [5.74, 6) is 0.713. The molecule has 1 aliphatic heterocycles. The van der Waals surface area contributed by atoms with Gasteiger partial charge in [-0.05, 0) is 44.1 Å². The highest BCUT2D eigenvalue weighted by atomic mass is 32.1. The van der Waals surface area contributed by atoms with Gasteiger partial charge >= 0.3 is 5.97 Å². The molecule has 0 aliphatic carbocycles. The zero-order valence-electron chi connectivity index (χ0n) is 14.1. The number of carbonyl (C=O) groups is 1. The topological polar surface area (TPSA) is 67.6 Å². The highest BCUT2D eigenvalue weighted by Crippen LogP contribution is 2.20. The third-order valence-corrected chi connectivity index (χ3v) is 5.17. The molecule has 0 unspecified atom stereocenters. The smallest absolute Gasteiger partial charge is 0.309 e. The highest BCUT2D eigenvalue weighted by Gasteiger charge is 2.26. The Morgan fingerprint density at radius 1 is 1.36 bits per heavy atom. The highest BCUT2D eigenvalue weighted by molar-refractivity contribution is 7.71. The van der Waals surface area contributed by atoms with E-state index in [1.54, 1.807) is 0 Å². The molecule has 1 N–H and O–H groups in total. The molecule has 0 amide bonds. The number of likely N-dealkylation sites (tertiary alicyclic amines) is 1. The number of hydrogen-bond donors (Lipinski definition) is 1. The number of fused-ring (bicyclic) bond motifs is 3. The van der Waals surface area contributed by atoms with Crippen LogP contribution in [0, 0.1) is 10.7 Å². The molecular formula is C17H21N5O2S. The van der Waals surface area contributed by atoms with Gasteiger partial charge in [0, 0.05) is 13.1 Å². The Bertz CT molecular complexity index is 964. The summed E-state index contributed by atoms with van der Waals surface area (Å²) >= 11 is 5.63. The second kappa shape index (κ2) is 6.61. The fourth-order valence-electron chi connectivity index (χ4n) is 3.45. The summed E-state index contributed by atoms with van der Waals surface area (Å²) in [4.78, 5) is 18.7. The van der Waals surface area contributed by atoms with E-state index in [9.17, 15) is 4.79 Å². The first kappa shape index (κ1) is 16.3. The van der Waals surface area contributed by atoms with Crippen LogP contribution in [0.5, 0.6) is 0 Å². The number of piperidine rings is 1. The molecule has 0 spiro atoms. The van der Waals surface area contributed by atoms with E-state index < -0.39 is 0 Å². The predicted octanol–water partition coefficient (Wildman–Crippen LogP) is 2.58. The lowest BCUT2D eigenvalue weighted by Crippen LogP contribution is -2.38. The number of aromatic nitrogens is 4. The van der Waals surface area contributed by atoms with Crippen LogP contribution in [0.1, 0.15) is 19.8 Å². The van der Waals surface area contributed by atoms with Gasteiger partial charge in [0.1, 0.15) is 0 Å². The zero-order valence-corrected chi connectivity index (χ0v) is 15.0. The molecule has 2 aromatic heterocycles. The van der Waals surface area contributed by atoms with Crippen molar-refractivity contribution in [2.24, 2.45) is 5.92 Å². The van der Waals surface area contributed by atoms with E-state index in [0.29, 0.717) is 18.0 Å². The summed E-state index contributed by atoms with van der Waals surface area (Å²) in [5, 5.41) is 3.29. The summed E-state index contributed by atoms with van der Waals surface area (Å²) in [6.45, 7) is 4.68. The Morgan fingerprint density at radius 3 is 2.88 bits per heavy atom. The van der Waals surface area contributed by atoms with Crippen molar-refractivity contribution in [1.29, 1.82) is 0 Å². The molecule has 7 nitrogen and oxygen atoms in total. The Hall–Kier alpha value is -2.19. The Kier molecular flexibility index (Phi) is 4.30. The van der Waals surface area contributed by atoms with Crippen molar-refractivity contribution in [2.75, 3.05) is 19.7 Å². The lowest BCUT2D eigenvalue weighted by atomic mass is 9.97. The van der Waals surface area contributed by atoms with Crippen molar-refractivity contribution < 1.29 is 9.53 Å². The SMILES string of the molecule is CCOC(=O)C1CCN(Cn2[nH]c3nc4ccccc4n3c2=S)CC1. The minimum absolute atomic E-state index is 0.0223. The van der Waals surface area contributed by atoms with Crippen molar-refractivity contribution in [3.8, 4) is 0 Å². The van der Waals surface area contributed by atoms with Crippen molar-refractivity contribution in [1.82, 2.24) is 24.1 Å². The van der Waals surface area contributed by atoms with Gasteiger partial charge in [0.2, 0.25) is 10.5 Å². The molecule has 0 saturated carbocycles. The van der Waals surface area contributed by atoms with Crippen LogP contribution in [0.15, 0.2) is 24.3 Å². The van der Waals surface area contributed by atoms with Gasteiger partial charge in [-0.1, -0.05) is 12.1 Å². The van der Waals surface area contributed by atoms with E-state index in [0.717, 1.165) is 42.7 Å². The van der Waals surface area contributed by atoms with Gasteiger partial charge in [-0.15, -0.1) is 0 Å². The van der Waals surface area contributed by atoms with Crippen LogP contribution < -0.4 is 0 Å². The van der Waals surface area contributed by atoms with Crippen LogP contribution in [0.3, 0.4) is 0 Å². The normalized spacial score (nSPS) is 16.7. The molecule has 25 heavy (non-hydrogen) atoms. The number of H-pyrrole nitrogens is 1. The molecule has 3 aromatic rings. The molecule has 1 aromatic carbocycles. The monoisotopic (exact) mass is 359 g/mol. The molecule has 1 fully saturated rings. The van der Waals surface area contributed by atoms with Gasteiger partial charge in [-0.3, -0.25) is 19.2 Å². The fourth-order valence-corrected chi connectivity index (χ4v) is 3.74. The second-order valence-electron chi connectivity index (χ2n) is 6.37. The molecule has 0 atom stereocenters. The minimum Gasteiger partial charge on any atom is -0.466 e. The molecule has 132 valence electrons. The van der Waals surface area contributed by atoms with E-state index in [1.165, 1.54) is 0 Å². The molecule has 3 heterocycles. The number of aromatic amines is 1. The molecule has 0 radical (unpaired) electrons. The third kappa shape index (κ3) is 2.96. The lowest BCUT2D eigenvalue weighted by Gasteiger charge is -2.30. The first-order chi connectivity index (χ1) is 12.2. The molecule has 1 aliphatic rings. The number of para-hydroxylation sites is 2. The fraction of sp³-hybridized carbons (Fsp3) is 0.471. The predicted molar refractivity (Wildman–Crippen MR) is 96.8 cm³/mol. The summed E-state index contributed by atoms with van der Waals surface area (Å²) in [6.07, 6.45) is 1.65. The average Bonchev–Trinajstić information content (AvgIpc) is 3.12. The van der Waals surface area contributed by atoms with Crippen molar-refractivity contribution in [2.45, 2.75) is 26.4 Å². The number of nitrogens with one attached hydrogen (secondary N) is 1. The molecule has 0 bridgehead atoms. The van der Waals surface area contributed by atoms with Crippen LogP contribution in [-0.4, -0.2) is 49.7 Å². The Morgan fingerprint density at radius 2 is 2.12 bits per heavy atom. The van der Waals surface area contributed by atoms with Gasteiger partial charge in [-0.2, -0.15) is 0 Å². The number of imidazole rings is 1. The molecule has 8 heteroatoms. The van der Waals surface area contributed by atoms with E-state index in [1.807, 2.05) is 40.3 Å². The minimum atomic E-state index is -0.0661. The van der Waals surface area contributed by atoms with Crippen LogP contribution in [-0.2, 0) is 16.2 Å². The summed E-state index contributed by atoms with van der Waals surface area (Å²) in [5.41, 5.74) is 1.95. The number of esters is 1. The lowest BCUT2D eigenvalue weighted by molar-refractivity contribution is -0.149. The maximum atomic E-state index is 11.8. The van der Waals surface area contributed by atoms with E-state index in [-0.39, 0.29) is 11.9 Å². The van der Waals surface area contributed by atoms with Gasteiger partial charge in [0.15, 0.2) is 0 Å². The van der Waals surface area contributed by atoms with Crippen LogP contribution in [0.25, 0.3) is 16.8 Å². The quantitative estimate of drug-likeness (QED) is 0.573. The van der Waals surface area contributed by atoms with Crippen LogP contribution >= 0.6 is 12.2 Å². The largest absolute Gasteiger partial charge is 0.466 e. The van der Waals surface area contributed by atoms with Crippen LogP contribution in [0.2, 0.25) is 0 Å². The number of benzene rings is 1. The number of carbonyl (C=O) groups excluding carboxylic acids is 1. The van der Waals surface area contributed by atoms with E-state index >= 15 is 0 Å².